The van der Waals surface area contributed by atoms with Crippen LogP contribution in [0.3, 0.4) is 0 Å². The van der Waals surface area contributed by atoms with Crippen molar-refractivity contribution in [2.75, 3.05) is 0 Å². The van der Waals surface area contributed by atoms with Crippen LogP contribution in [-0.4, -0.2) is 11.8 Å². The summed E-state index contributed by atoms with van der Waals surface area (Å²) in [7, 11) is 0. The van der Waals surface area contributed by atoms with E-state index >= 15 is 0 Å². The molecule has 3 nitrogen and oxygen atoms in total. The van der Waals surface area contributed by atoms with Crippen LogP contribution < -0.4 is 4.74 Å². The van der Waals surface area contributed by atoms with E-state index in [4.69, 9.17) is 4.74 Å². The van der Waals surface area contributed by atoms with E-state index in [2.05, 4.69) is 0 Å². The van der Waals surface area contributed by atoms with E-state index in [0.29, 0.717) is 11.3 Å². The summed E-state index contributed by atoms with van der Waals surface area (Å²) in [6.45, 7) is 3.60. The molecule has 0 amide bonds. The molecule has 0 aliphatic carbocycles. The molecule has 0 saturated heterocycles. The zero-order chi connectivity index (χ0) is 9.59. The predicted octanol–water partition coefficient (Wildman–Crippen LogP) is 1.41. The van der Waals surface area contributed by atoms with Gasteiger partial charge in [-0.25, -0.2) is 4.79 Å². The molecule has 0 bridgehead atoms. The molecular formula is C10H8O3. The molecule has 2 rings (SSSR count). The van der Waals surface area contributed by atoms with Gasteiger partial charge in [-0.15, -0.1) is 0 Å². The largest absolute Gasteiger partial charge is 0.419 e. The molecule has 0 fully saturated rings. The van der Waals surface area contributed by atoms with Crippen LogP contribution in [0.15, 0.2) is 12.1 Å². The van der Waals surface area contributed by atoms with E-state index in [0.717, 1.165) is 11.1 Å². The molecule has 1 heterocycles. The Morgan fingerprint density at radius 2 is 1.69 bits per heavy atom. The highest BCUT2D eigenvalue weighted by atomic mass is 16.5. The van der Waals surface area contributed by atoms with Gasteiger partial charge >= 0.3 is 5.97 Å². The summed E-state index contributed by atoms with van der Waals surface area (Å²) < 4.78 is 4.84. The minimum atomic E-state index is -0.771. The molecule has 0 radical (unpaired) electrons. The van der Waals surface area contributed by atoms with Gasteiger partial charge in [-0.05, 0) is 25.0 Å². The molecule has 1 aromatic carbocycles. The highest BCUT2D eigenvalue weighted by molar-refractivity contribution is 6.44. The Morgan fingerprint density at radius 3 is 2.31 bits per heavy atom. The van der Waals surface area contributed by atoms with E-state index in [1.54, 1.807) is 6.92 Å². The van der Waals surface area contributed by atoms with E-state index in [1.165, 1.54) is 0 Å². The summed E-state index contributed by atoms with van der Waals surface area (Å²) in [5, 5.41) is 0. The Morgan fingerprint density at radius 1 is 1.08 bits per heavy atom. The van der Waals surface area contributed by atoms with Crippen LogP contribution in [0.4, 0.5) is 0 Å². The van der Waals surface area contributed by atoms with Crippen molar-refractivity contribution < 1.29 is 14.3 Å². The van der Waals surface area contributed by atoms with Gasteiger partial charge < -0.3 is 4.74 Å². The number of Topliss-reactive ketones (excluding diaryl/α,β-unsaturated/α-hetero) is 1. The second kappa shape index (κ2) is 2.42. The highest BCUT2D eigenvalue weighted by Crippen LogP contribution is 2.31. The SMILES string of the molecule is Cc1ccc(C)c2c1OC(=O)C2=O. The van der Waals surface area contributed by atoms with Crippen molar-refractivity contribution in [2.45, 2.75) is 13.8 Å². The first-order valence-corrected chi connectivity index (χ1v) is 3.98. The summed E-state index contributed by atoms with van der Waals surface area (Å²) in [6, 6.07) is 3.65. The predicted molar refractivity (Wildman–Crippen MR) is 45.9 cm³/mol. The Hall–Kier alpha value is -1.64. The number of ether oxygens (including phenoxy) is 1. The normalized spacial score (nSPS) is 14.3. The zero-order valence-corrected chi connectivity index (χ0v) is 7.38. The topological polar surface area (TPSA) is 43.4 Å². The third-order valence-corrected chi connectivity index (χ3v) is 2.17. The Labute approximate surface area is 75.3 Å². The number of esters is 1. The van der Waals surface area contributed by atoms with Crippen molar-refractivity contribution in [3.63, 3.8) is 0 Å². The number of hydrogen-bond donors (Lipinski definition) is 0. The number of rotatable bonds is 0. The van der Waals surface area contributed by atoms with Crippen molar-refractivity contribution in [3.8, 4) is 5.75 Å². The number of carbonyl (C=O) groups is 2. The number of hydrogen-bond acceptors (Lipinski definition) is 3. The molecule has 0 unspecified atom stereocenters. The molecule has 0 atom stereocenters. The molecule has 0 N–H and O–H groups in total. The summed E-state index contributed by atoms with van der Waals surface area (Å²) >= 11 is 0. The quantitative estimate of drug-likeness (QED) is 0.341. The fourth-order valence-corrected chi connectivity index (χ4v) is 1.44. The first-order valence-electron chi connectivity index (χ1n) is 3.98. The number of ketones is 1. The summed E-state index contributed by atoms with van der Waals surface area (Å²) in [5.41, 5.74) is 2.03. The average Bonchev–Trinajstić information content (AvgIpc) is 2.38. The van der Waals surface area contributed by atoms with Crippen LogP contribution in [0.1, 0.15) is 21.5 Å². The van der Waals surface area contributed by atoms with Crippen LogP contribution in [0.25, 0.3) is 0 Å². The first-order chi connectivity index (χ1) is 6.11. The van der Waals surface area contributed by atoms with E-state index < -0.39 is 11.8 Å². The lowest BCUT2D eigenvalue weighted by Crippen LogP contribution is -2.11. The van der Waals surface area contributed by atoms with Crippen molar-refractivity contribution >= 4 is 11.8 Å². The van der Waals surface area contributed by atoms with Crippen molar-refractivity contribution in [3.05, 3.63) is 28.8 Å². The molecule has 1 aliphatic heterocycles. The summed E-state index contributed by atoms with van der Waals surface area (Å²) in [5.74, 6) is -0.876. The van der Waals surface area contributed by atoms with E-state index in [-0.39, 0.29) is 0 Å². The maximum Gasteiger partial charge on any atom is 0.385 e. The molecular weight excluding hydrogens is 168 g/mol. The molecule has 13 heavy (non-hydrogen) atoms. The van der Waals surface area contributed by atoms with Gasteiger partial charge in [0.1, 0.15) is 5.75 Å². The third-order valence-electron chi connectivity index (χ3n) is 2.17. The van der Waals surface area contributed by atoms with Crippen molar-refractivity contribution in [1.29, 1.82) is 0 Å². The lowest BCUT2D eigenvalue weighted by molar-refractivity contribution is -0.128. The van der Waals surface area contributed by atoms with Crippen LogP contribution in [0, 0.1) is 13.8 Å². The fraction of sp³-hybridized carbons (Fsp3) is 0.200. The fourth-order valence-electron chi connectivity index (χ4n) is 1.44. The van der Waals surface area contributed by atoms with E-state index in [9.17, 15) is 9.59 Å². The van der Waals surface area contributed by atoms with Gasteiger partial charge in [0.2, 0.25) is 0 Å². The lowest BCUT2D eigenvalue weighted by atomic mass is 10.0. The van der Waals surface area contributed by atoms with Crippen molar-refractivity contribution in [1.82, 2.24) is 0 Å². The maximum atomic E-state index is 11.3. The molecule has 0 aromatic heterocycles. The van der Waals surface area contributed by atoms with Gasteiger partial charge in [0.25, 0.3) is 5.78 Å². The maximum absolute atomic E-state index is 11.3. The van der Waals surface area contributed by atoms with Crippen LogP contribution in [0.5, 0.6) is 5.75 Å². The lowest BCUT2D eigenvalue weighted by Gasteiger charge is -2.02. The molecule has 66 valence electrons. The Balaban J connectivity index is 2.75. The molecule has 0 saturated carbocycles. The van der Waals surface area contributed by atoms with Crippen molar-refractivity contribution in [2.24, 2.45) is 0 Å². The Kier molecular flexibility index (Phi) is 1.49. The first kappa shape index (κ1) is 7.98. The van der Waals surface area contributed by atoms with Gasteiger partial charge in [0.15, 0.2) is 0 Å². The van der Waals surface area contributed by atoms with Crippen LogP contribution in [0.2, 0.25) is 0 Å². The van der Waals surface area contributed by atoms with Gasteiger partial charge in [-0.3, -0.25) is 4.79 Å². The third kappa shape index (κ3) is 0.967. The van der Waals surface area contributed by atoms with E-state index in [1.807, 2.05) is 19.1 Å². The smallest absolute Gasteiger partial charge is 0.385 e. The van der Waals surface area contributed by atoms with Gasteiger partial charge in [0, 0.05) is 0 Å². The minimum Gasteiger partial charge on any atom is -0.419 e. The zero-order valence-electron chi connectivity index (χ0n) is 7.38. The van der Waals surface area contributed by atoms with Crippen LogP contribution >= 0.6 is 0 Å². The number of aryl methyl sites for hydroxylation is 2. The molecule has 1 aromatic rings. The number of fused-ring (bicyclic) bond motifs is 1. The van der Waals surface area contributed by atoms with Gasteiger partial charge in [-0.1, -0.05) is 12.1 Å². The summed E-state index contributed by atoms with van der Waals surface area (Å²) in [6.07, 6.45) is 0. The second-order valence-electron chi connectivity index (χ2n) is 3.12. The number of benzene rings is 1. The standard InChI is InChI=1S/C10H8O3/c1-5-3-4-6(2)9-7(5)8(11)10(12)13-9/h3-4H,1-2H3. The van der Waals surface area contributed by atoms with Crippen LogP contribution in [-0.2, 0) is 4.79 Å². The minimum absolute atomic E-state index is 0.421. The average molecular weight is 176 g/mol. The highest BCUT2D eigenvalue weighted by Gasteiger charge is 2.33. The van der Waals surface area contributed by atoms with Gasteiger partial charge in [0.05, 0.1) is 5.56 Å². The molecule has 3 heteroatoms. The Bertz CT molecular complexity index is 418. The molecule has 1 aliphatic rings. The van der Waals surface area contributed by atoms with Gasteiger partial charge in [-0.2, -0.15) is 0 Å². The monoisotopic (exact) mass is 176 g/mol. The number of carbonyl (C=O) groups excluding carboxylic acids is 2. The summed E-state index contributed by atoms with van der Waals surface area (Å²) in [4.78, 5) is 22.3. The second-order valence-corrected chi connectivity index (χ2v) is 3.12. The molecule has 0 spiro atoms.